The van der Waals surface area contributed by atoms with Crippen LogP contribution in [-0.2, 0) is 30.3 Å². The molecular weight excluding hydrogens is 626 g/mol. The van der Waals surface area contributed by atoms with Gasteiger partial charge in [-0.05, 0) is 66.6 Å². The van der Waals surface area contributed by atoms with Crippen LogP contribution in [0.4, 0.5) is 27.5 Å². The summed E-state index contributed by atoms with van der Waals surface area (Å²) in [5, 5.41) is 5.18. The first-order valence-electron chi connectivity index (χ1n) is 15.4. The normalized spacial score (nSPS) is 10.4. The first kappa shape index (κ1) is 35.7. The first-order valence-corrected chi connectivity index (χ1v) is 15.4. The maximum atomic E-state index is 13.6. The molecule has 0 aliphatic carbocycles. The lowest BCUT2D eigenvalue weighted by Crippen LogP contribution is -2.46. The van der Waals surface area contributed by atoms with Crippen molar-refractivity contribution >= 4 is 52.5 Å². The number of hydrogen-bond donors (Lipinski definition) is 2. The summed E-state index contributed by atoms with van der Waals surface area (Å²) in [6.07, 6.45) is 0.0346. The quantitative estimate of drug-likeness (QED) is 0.200. The number of likely N-dealkylation sites (N-methyl/N-ethyl adjacent to an activating group) is 2. The van der Waals surface area contributed by atoms with Gasteiger partial charge in [-0.3, -0.25) is 19.2 Å². The fraction of sp³-hybridized carbons (Fsp3) is 0.216. The minimum atomic E-state index is -0.662. The highest BCUT2D eigenvalue weighted by atomic mass is 16.5. The monoisotopic (exact) mass is 665 g/mol. The van der Waals surface area contributed by atoms with Crippen LogP contribution in [-0.4, -0.2) is 70.6 Å². The van der Waals surface area contributed by atoms with Crippen LogP contribution in [0, 0.1) is 6.92 Å². The number of nitrogens with zero attached hydrogens (tertiary/aromatic N) is 3. The van der Waals surface area contributed by atoms with E-state index in [0.717, 1.165) is 11.3 Å². The molecule has 4 rings (SSSR count). The Morgan fingerprint density at radius 1 is 0.694 bits per heavy atom. The second-order valence-corrected chi connectivity index (χ2v) is 11.1. The molecular formula is C37H39N5O7. The number of amides is 5. The first-order chi connectivity index (χ1) is 23.5. The van der Waals surface area contributed by atoms with Crippen molar-refractivity contribution in [1.82, 2.24) is 5.32 Å². The molecule has 0 heterocycles. The molecule has 254 valence electrons. The molecule has 12 heteroatoms. The molecule has 49 heavy (non-hydrogen) atoms. The van der Waals surface area contributed by atoms with Crippen molar-refractivity contribution in [3.05, 3.63) is 114 Å². The van der Waals surface area contributed by atoms with E-state index in [0.29, 0.717) is 28.4 Å². The predicted molar refractivity (Wildman–Crippen MR) is 188 cm³/mol. The number of para-hydroxylation sites is 1. The molecule has 4 aromatic rings. The molecule has 0 unspecified atom stereocenters. The predicted octanol–water partition coefficient (Wildman–Crippen LogP) is 4.57. The highest BCUT2D eigenvalue weighted by Gasteiger charge is 2.23. The van der Waals surface area contributed by atoms with Gasteiger partial charge >= 0.3 is 12.0 Å². The highest BCUT2D eigenvalue weighted by molar-refractivity contribution is 6.05. The number of aryl methyl sites for hydroxylation is 1. The summed E-state index contributed by atoms with van der Waals surface area (Å²) in [5.74, 6) is -1.35. The SMILES string of the molecule is COC(=O)Cc1cccc(NC(=O)NCC(=O)N(CC(=O)N(C)c2ccccc2)c2cccc(OCC(=O)N(C)c3cccc(C)c3)c2)c1. The zero-order valence-corrected chi connectivity index (χ0v) is 27.8. The lowest BCUT2D eigenvalue weighted by atomic mass is 10.1. The Morgan fingerprint density at radius 3 is 2.10 bits per heavy atom. The van der Waals surface area contributed by atoms with Crippen molar-refractivity contribution in [3.8, 4) is 5.75 Å². The summed E-state index contributed by atoms with van der Waals surface area (Å²) in [7, 11) is 4.56. The Hall–Kier alpha value is -6.17. The van der Waals surface area contributed by atoms with Crippen LogP contribution in [0.15, 0.2) is 103 Å². The van der Waals surface area contributed by atoms with Gasteiger partial charge in [0.25, 0.3) is 5.91 Å². The fourth-order valence-corrected chi connectivity index (χ4v) is 4.75. The van der Waals surface area contributed by atoms with Crippen molar-refractivity contribution < 1.29 is 33.4 Å². The van der Waals surface area contributed by atoms with Crippen molar-refractivity contribution in [1.29, 1.82) is 0 Å². The van der Waals surface area contributed by atoms with Crippen LogP contribution >= 0.6 is 0 Å². The van der Waals surface area contributed by atoms with Gasteiger partial charge in [0.2, 0.25) is 11.8 Å². The second kappa shape index (κ2) is 17.1. The number of nitrogens with one attached hydrogen (secondary N) is 2. The van der Waals surface area contributed by atoms with Gasteiger partial charge in [0, 0.05) is 42.9 Å². The van der Waals surface area contributed by atoms with Crippen LogP contribution in [0.2, 0.25) is 0 Å². The van der Waals surface area contributed by atoms with Gasteiger partial charge in [-0.25, -0.2) is 4.79 Å². The standard InChI is InChI=1S/C37H39N5O7/c1-26-11-8-16-30(19-26)41(3)35(45)25-49-32-18-10-17-31(22-32)42(24-34(44)40(2)29-14-6-5-7-15-29)33(43)23-38-37(47)39-28-13-9-12-27(20-28)21-36(46)48-4/h5-20,22H,21,23-25H2,1-4H3,(H2,38,39,47). The Bertz CT molecular complexity index is 1800. The van der Waals surface area contributed by atoms with E-state index in [9.17, 15) is 24.0 Å². The number of ether oxygens (including phenoxy) is 2. The number of anilines is 4. The Kier molecular flexibility index (Phi) is 12.5. The molecule has 0 spiro atoms. The number of benzene rings is 4. The third-order valence-corrected chi connectivity index (χ3v) is 7.53. The maximum absolute atomic E-state index is 13.6. The van der Waals surface area contributed by atoms with E-state index in [4.69, 9.17) is 9.47 Å². The number of carbonyl (C=O) groups excluding carboxylic acids is 5. The second-order valence-electron chi connectivity index (χ2n) is 11.1. The average Bonchev–Trinajstić information content (AvgIpc) is 3.11. The van der Waals surface area contributed by atoms with E-state index in [1.807, 2.05) is 37.3 Å². The Labute approximate surface area is 285 Å². The number of methoxy groups -OCH3 is 1. The molecule has 0 aliphatic heterocycles. The largest absolute Gasteiger partial charge is 0.484 e. The third-order valence-electron chi connectivity index (χ3n) is 7.53. The van der Waals surface area contributed by atoms with Crippen LogP contribution in [0.1, 0.15) is 11.1 Å². The van der Waals surface area contributed by atoms with Crippen LogP contribution in [0.3, 0.4) is 0 Å². The molecule has 0 aliphatic rings. The fourth-order valence-electron chi connectivity index (χ4n) is 4.75. The zero-order valence-electron chi connectivity index (χ0n) is 27.8. The van der Waals surface area contributed by atoms with Gasteiger partial charge in [0.05, 0.1) is 20.1 Å². The van der Waals surface area contributed by atoms with Crippen molar-refractivity contribution in [2.24, 2.45) is 0 Å². The number of urea groups is 1. The summed E-state index contributed by atoms with van der Waals surface area (Å²) in [6.45, 7) is 0.886. The van der Waals surface area contributed by atoms with Gasteiger partial charge < -0.3 is 34.8 Å². The molecule has 0 fully saturated rings. The molecule has 0 aromatic heterocycles. The van der Waals surface area contributed by atoms with E-state index in [2.05, 4.69) is 10.6 Å². The van der Waals surface area contributed by atoms with E-state index >= 15 is 0 Å². The minimum absolute atomic E-state index is 0.0346. The molecule has 0 radical (unpaired) electrons. The van der Waals surface area contributed by atoms with Gasteiger partial charge in [-0.1, -0.05) is 48.5 Å². The average molecular weight is 666 g/mol. The van der Waals surface area contributed by atoms with Crippen LogP contribution < -0.4 is 30.1 Å². The number of esters is 1. The molecule has 12 nitrogen and oxygen atoms in total. The van der Waals surface area contributed by atoms with Crippen molar-refractivity contribution in [2.45, 2.75) is 13.3 Å². The summed E-state index contributed by atoms with van der Waals surface area (Å²) >= 11 is 0. The van der Waals surface area contributed by atoms with Gasteiger partial charge in [-0.2, -0.15) is 0 Å². The zero-order chi connectivity index (χ0) is 35.3. The molecule has 0 atom stereocenters. The molecule has 5 amide bonds. The number of rotatable bonds is 13. The third kappa shape index (κ3) is 10.4. The summed E-state index contributed by atoms with van der Waals surface area (Å²) < 4.78 is 10.5. The molecule has 0 saturated carbocycles. The summed E-state index contributed by atoms with van der Waals surface area (Å²) in [5.41, 5.74) is 3.76. The van der Waals surface area contributed by atoms with E-state index in [1.165, 1.54) is 21.8 Å². The summed E-state index contributed by atoms with van der Waals surface area (Å²) in [6, 6.07) is 29.0. The van der Waals surface area contributed by atoms with Gasteiger partial charge in [0.1, 0.15) is 12.3 Å². The van der Waals surface area contributed by atoms with Gasteiger partial charge in [-0.15, -0.1) is 0 Å². The lowest BCUT2D eigenvalue weighted by Gasteiger charge is -2.26. The van der Waals surface area contributed by atoms with Crippen LogP contribution in [0.5, 0.6) is 5.75 Å². The lowest BCUT2D eigenvalue weighted by molar-refractivity contribution is -0.139. The maximum Gasteiger partial charge on any atom is 0.319 e. The number of hydrogen-bond acceptors (Lipinski definition) is 7. The van der Waals surface area contributed by atoms with E-state index in [1.54, 1.807) is 86.9 Å². The Balaban J connectivity index is 1.46. The molecule has 0 saturated heterocycles. The van der Waals surface area contributed by atoms with Crippen molar-refractivity contribution in [2.75, 3.05) is 60.9 Å². The molecule has 0 bridgehead atoms. The van der Waals surface area contributed by atoms with E-state index in [-0.39, 0.29) is 31.4 Å². The smallest absolute Gasteiger partial charge is 0.319 e. The van der Waals surface area contributed by atoms with E-state index < -0.39 is 24.5 Å². The molecule has 4 aromatic carbocycles. The minimum Gasteiger partial charge on any atom is -0.484 e. The number of carbonyl (C=O) groups is 5. The Morgan fingerprint density at radius 2 is 1.37 bits per heavy atom. The van der Waals surface area contributed by atoms with Gasteiger partial charge in [0.15, 0.2) is 6.61 Å². The van der Waals surface area contributed by atoms with Crippen LogP contribution in [0.25, 0.3) is 0 Å². The van der Waals surface area contributed by atoms with Crippen molar-refractivity contribution in [3.63, 3.8) is 0 Å². The highest BCUT2D eigenvalue weighted by Crippen LogP contribution is 2.23. The topological polar surface area (TPSA) is 138 Å². The molecule has 2 N–H and O–H groups in total. The summed E-state index contributed by atoms with van der Waals surface area (Å²) in [4.78, 5) is 68.4.